The van der Waals surface area contributed by atoms with E-state index in [1.807, 2.05) is 13.8 Å². The Morgan fingerprint density at radius 1 is 1.25 bits per heavy atom. The van der Waals surface area contributed by atoms with Gasteiger partial charge in [-0.1, -0.05) is 23.4 Å². The molecule has 1 unspecified atom stereocenters. The highest BCUT2D eigenvalue weighted by Crippen LogP contribution is 2.35. The average molecular weight is 270 g/mol. The van der Waals surface area contributed by atoms with Crippen LogP contribution in [0, 0.1) is 13.8 Å². The second-order valence-corrected chi connectivity index (χ2v) is 6.00. The monoisotopic (exact) mass is 270 g/mol. The third-order valence-corrected chi connectivity index (χ3v) is 4.49. The summed E-state index contributed by atoms with van der Waals surface area (Å²) < 4.78 is 5.34. The van der Waals surface area contributed by atoms with Crippen LogP contribution in [-0.4, -0.2) is 30.2 Å². The molecule has 20 heavy (non-hydrogen) atoms. The predicted molar refractivity (Wildman–Crippen MR) is 80.9 cm³/mol. The van der Waals surface area contributed by atoms with Crippen molar-refractivity contribution >= 4 is 0 Å². The minimum Gasteiger partial charge on any atom is -0.361 e. The van der Waals surface area contributed by atoms with Crippen LogP contribution >= 0.6 is 0 Å². The number of aryl methyl sites for hydroxylation is 2. The van der Waals surface area contributed by atoms with Crippen LogP contribution in [0.5, 0.6) is 0 Å². The molecule has 0 fully saturated rings. The lowest BCUT2D eigenvalue weighted by atomic mass is 9.83. The van der Waals surface area contributed by atoms with Gasteiger partial charge in [-0.2, -0.15) is 0 Å². The summed E-state index contributed by atoms with van der Waals surface area (Å²) in [7, 11) is 4.35. The molecular formula is C17H22N2O. The summed E-state index contributed by atoms with van der Waals surface area (Å²) in [6.45, 7) is 4.02. The van der Waals surface area contributed by atoms with Crippen LogP contribution in [0.3, 0.4) is 0 Å². The Balaban J connectivity index is 2.06. The van der Waals surface area contributed by atoms with E-state index in [0.717, 1.165) is 24.3 Å². The van der Waals surface area contributed by atoms with Gasteiger partial charge in [0.25, 0.3) is 0 Å². The van der Waals surface area contributed by atoms with Gasteiger partial charge in [0.1, 0.15) is 5.76 Å². The molecule has 0 spiro atoms. The number of likely N-dealkylation sites (N-methyl/N-ethyl adjacent to an activating group) is 1. The van der Waals surface area contributed by atoms with Crippen molar-refractivity contribution in [1.82, 2.24) is 10.1 Å². The molecule has 0 saturated heterocycles. The van der Waals surface area contributed by atoms with Crippen LogP contribution in [0.2, 0.25) is 0 Å². The third-order valence-electron chi connectivity index (χ3n) is 4.49. The summed E-state index contributed by atoms with van der Waals surface area (Å²) in [5.74, 6) is 0.922. The fourth-order valence-corrected chi connectivity index (χ4v) is 3.33. The van der Waals surface area contributed by atoms with E-state index in [1.165, 1.54) is 28.7 Å². The Kier molecular flexibility index (Phi) is 3.38. The molecule has 0 aliphatic heterocycles. The van der Waals surface area contributed by atoms with Gasteiger partial charge >= 0.3 is 0 Å². The third kappa shape index (κ3) is 2.16. The zero-order valence-corrected chi connectivity index (χ0v) is 12.7. The number of hydrogen-bond donors (Lipinski definition) is 0. The van der Waals surface area contributed by atoms with Crippen molar-refractivity contribution in [1.29, 1.82) is 0 Å². The molecule has 0 saturated carbocycles. The molecule has 1 aromatic carbocycles. The van der Waals surface area contributed by atoms with Gasteiger partial charge in [-0.15, -0.1) is 0 Å². The quantitative estimate of drug-likeness (QED) is 0.838. The Hall–Kier alpha value is -1.61. The van der Waals surface area contributed by atoms with E-state index >= 15 is 0 Å². The van der Waals surface area contributed by atoms with Crippen molar-refractivity contribution in [3.63, 3.8) is 0 Å². The molecule has 1 aliphatic rings. The maximum Gasteiger partial charge on any atom is 0.141 e. The summed E-state index contributed by atoms with van der Waals surface area (Å²) in [6.07, 6.45) is 3.50. The second kappa shape index (κ2) is 5.06. The molecule has 3 rings (SSSR count). The van der Waals surface area contributed by atoms with Gasteiger partial charge in [0.05, 0.1) is 5.69 Å². The first-order valence-corrected chi connectivity index (χ1v) is 7.28. The number of rotatable bonds is 2. The first-order chi connectivity index (χ1) is 9.58. The Morgan fingerprint density at radius 2 is 2.05 bits per heavy atom. The average Bonchev–Trinajstić information content (AvgIpc) is 2.77. The van der Waals surface area contributed by atoms with Crippen molar-refractivity contribution < 1.29 is 4.52 Å². The topological polar surface area (TPSA) is 29.3 Å². The van der Waals surface area contributed by atoms with Crippen LogP contribution in [-0.2, 0) is 12.8 Å². The first kappa shape index (κ1) is 13.4. The molecule has 3 heteroatoms. The highest BCUT2D eigenvalue weighted by atomic mass is 16.5. The molecule has 1 heterocycles. The number of nitrogens with zero attached hydrogens (tertiary/aromatic N) is 2. The molecule has 0 amide bonds. The maximum absolute atomic E-state index is 5.34. The Bertz CT molecular complexity index is 608. The van der Waals surface area contributed by atoms with Crippen LogP contribution in [0.1, 0.15) is 29.0 Å². The van der Waals surface area contributed by atoms with E-state index in [0.29, 0.717) is 6.04 Å². The molecule has 0 bridgehead atoms. The van der Waals surface area contributed by atoms with Gasteiger partial charge < -0.3 is 9.42 Å². The highest BCUT2D eigenvalue weighted by Gasteiger charge is 2.24. The summed E-state index contributed by atoms with van der Waals surface area (Å²) in [6, 6.07) is 7.30. The van der Waals surface area contributed by atoms with Gasteiger partial charge in [0.2, 0.25) is 0 Å². The molecule has 1 atom stereocenters. The standard InChI is InChI=1S/C17H22N2O/c1-11-17(12(2)20-18-11)16-7-5-6-13-10-14(19(3)4)8-9-15(13)16/h5-7,14H,8-10H2,1-4H3. The minimum absolute atomic E-state index is 0.655. The summed E-state index contributed by atoms with van der Waals surface area (Å²) in [5, 5.41) is 4.10. The fraction of sp³-hybridized carbons (Fsp3) is 0.471. The number of hydrogen-bond acceptors (Lipinski definition) is 3. The SMILES string of the molecule is Cc1noc(C)c1-c1cccc2c1CCC(N(C)C)C2. The highest BCUT2D eigenvalue weighted by molar-refractivity contribution is 5.72. The van der Waals surface area contributed by atoms with Crippen molar-refractivity contribution in [2.75, 3.05) is 14.1 Å². The molecule has 0 radical (unpaired) electrons. The normalized spacial score (nSPS) is 18.4. The number of benzene rings is 1. The van der Waals surface area contributed by atoms with Gasteiger partial charge in [-0.05, 0) is 63.9 Å². The van der Waals surface area contributed by atoms with Crippen molar-refractivity contribution in [3.8, 4) is 11.1 Å². The van der Waals surface area contributed by atoms with Crippen LogP contribution in [0.15, 0.2) is 22.7 Å². The molecule has 1 aliphatic carbocycles. The largest absolute Gasteiger partial charge is 0.361 e. The van der Waals surface area contributed by atoms with Crippen LogP contribution in [0.4, 0.5) is 0 Å². The summed E-state index contributed by atoms with van der Waals surface area (Å²) in [5.41, 5.74) is 6.46. The minimum atomic E-state index is 0.655. The van der Waals surface area contributed by atoms with Crippen LogP contribution < -0.4 is 0 Å². The molecule has 2 aromatic rings. The lowest BCUT2D eigenvalue weighted by Gasteiger charge is -2.31. The van der Waals surface area contributed by atoms with Crippen LogP contribution in [0.25, 0.3) is 11.1 Å². The molecular weight excluding hydrogens is 248 g/mol. The lowest BCUT2D eigenvalue weighted by Crippen LogP contribution is -2.33. The Labute approximate surface area is 120 Å². The smallest absolute Gasteiger partial charge is 0.141 e. The zero-order valence-electron chi connectivity index (χ0n) is 12.7. The molecule has 3 nitrogen and oxygen atoms in total. The molecule has 1 aromatic heterocycles. The first-order valence-electron chi connectivity index (χ1n) is 7.28. The Morgan fingerprint density at radius 3 is 2.70 bits per heavy atom. The van der Waals surface area contributed by atoms with E-state index in [-0.39, 0.29) is 0 Å². The van der Waals surface area contributed by atoms with E-state index < -0.39 is 0 Å². The van der Waals surface area contributed by atoms with Crippen molar-refractivity contribution in [2.24, 2.45) is 0 Å². The van der Waals surface area contributed by atoms with E-state index in [9.17, 15) is 0 Å². The number of aromatic nitrogens is 1. The van der Waals surface area contributed by atoms with Crippen molar-refractivity contribution in [2.45, 2.75) is 39.2 Å². The van der Waals surface area contributed by atoms with Gasteiger partial charge in [-0.3, -0.25) is 0 Å². The maximum atomic E-state index is 5.34. The molecule has 106 valence electrons. The van der Waals surface area contributed by atoms with Crippen molar-refractivity contribution in [3.05, 3.63) is 40.8 Å². The fourth-order valence-electron chi connectivity index (χ4n) is 3.33. The van der Waals surface area contributed by atoms with Gasteiger partial charge in [0, 0.05) is 11.6 Å². The zero-order chi connectivity index (χ0) is 14.3. The lowest BCUT2D eigenvalue weighted by molar-refractivity contribution is 0.268. The predicted octanol–water partition coefficient (Wildman–Crippen LogP) is 3.38. The van der Waals surface area contributed by atoms with Gasteiger partial charge in [0.15, 0.2) is 0 Å². The van der Waals surface area contributed by atoms with E-state index in [4.69, 9.17) is 4.52 Å². The number of fused-ring (bicyclic) bond motifs is 1. The van der Waals surface area contributed by atoms with E-state index in [1.54, 1.807) is 0 Å². The van der Waals surface area contributed by atoms with Gasteiger partial charge in [-0.25, -0.2) is 0 Å². The summed E-state index contributed by atoms with van der Waals surface area (Å²) in [4.78, 5) is 2.34. The van der Waals surface area contributed by atoms with E-state index in [2.05, 4.69) is 42.4 Å². The summed E-state index contributed by atoms with van der Waals surface area (Å²) >= 11 is 0. The molecule has 0 N–H and O–H groups in total. The second-order valence-electron chi connectivity index (χ2n) is 6.00.